The Bertz CT molecular complexity index is 644. The van der Waals surface area contributed by atoms with Crippen molar-refractivity contribution in [3.05, 3.63) is 63.6 Å². The first-order chi connectivity index (χ1) is 10.1. The minimum Gasteiger partial charge on any atom is -0.493 e. The van der Waals surface area contributed by atoms with Gasteiger partial charge >= 0.3 is 0 Å². The third-order valence-corrected chi connectivity index (χ3v) is 4.72. The smallest absolute Gasteiger partial charge is 0.122 e. The van der Waals surface area contributed by atoms with E-state index in [1.54, 1.807) is 0 Å². The van der Waals surface area contributed by atoms with Gasteiger partial charge in [-0.1, -0.05) is 47.5 Å². The predicted molar refractivity (Wildman–Crippen MR) is 87.4 cm³/mol. The second-order valence-electron chi connectivity index (χ2n) is 5.40. The van der Waals surface area contributed by atoms with Crippen molar-refractivity contribution in [2.45, 2.75) is 24.8 Å². The number of para-hydroxylation sites is 1. The van der Waals surface area contributed by atoms with Gasteiger partial charge in [-0.05, 0) is 42.2 Å². The van der Waals surface area contributed by atoms with Gasteiger partial charge in [0.25, 0.3) is 0 Å². The minimum absolute atomic E-state index is 0.0345. The van der Waals surface area contributed by atoms with Gasteiger partial charge in [-0.2, -0.15) is 0 Å². The van der Waals surface area contributed by atoms with Crippen LogP contribution in [0.5, 0.6) is 5.75 Å². The summed E-state index contributed by atoms with van der Waals surface area (Å²) in [5.41, 5.74) is 8.77. The Kier molecular flexibility index (Phi) is 4.39. The summed E-state index contributed by atoms with van der Waals surface area (Å²) in [6.45, 7) is 0.719. The summed E-state index contributed by atoms with van der Waals surface area (Å²) in [6, 6.07) is 13.9. The molecule has 1 aliphatic rings. The highest BCUT2D eigenvalue weighted by Gasteiger charge is 2.26. The molecule has 2 unspecified atom stereocenters. The quantitative estimate of drug-likeness (QED) is 0.907. The SMILES string of the molecule is NC(Cc1ccc(Cl)c(Cl)c1)C1CCOc2ccccc21. The number of hydrogen-bond acceptors (Lipinski definition) is 2. The van der Waals surface area contributed by atoms with Crippen LogP contribution in [0, 0.1) is 0 Å². The zero-order chi connectivity index (χ0) is 14.8. The van der Waals surface area contributed by atoms with Gasteiger partial charge in [0, 0.05) is 12.0 Å². The minimum atomic E-state index is 0.0345. The first-order valence-electron chi connectivity index (χ1n) is 7.06. The Morgan fingerprint density at radius 1 is 1.14 bits per heavy atom. The van der Waals surface area contributed by atoms with E-state index in [4.69, 9.17) is 33.7 Å². The molecule has 2 nitrogen and oxygen atoms in total. The van der Waals surface area contributed by atoms with Crippen LogP contribution < -0.4 is 10.5 Å². The molecule has 0 amide bonds. The molecule has 2 atom stereocenters. The Balaban J connectivity index is 1.80. The molecule has 0 bridgehead atoms. The number of halogens is 2. The number of hydrogen-bond donors (Lipinski definition) is 1. The highest BCUT2D eigenvalue weighted by Crippen LogP contribution is 2.36. The van der Waals surface area contributed by atoms with Crippen LogP contribution in [0.25, 0.3) is 0 Å². The summed E-state index contributed by atoms with van der Waals surface area (Å²) in [6.07, 6.45) is 1.72. The lowest BCUT2D eigenvalue weighted by molar-refractivity contribution is 0.254. The third kappa shape index (κ3) is 3.18. The molecule has 3 rings (SSSR count). The molecule has 0 spiro atoms. The van der Waals surface area contributed by atoms with Gasteiger partial charge in [-0.3, -0.25) is 0 Å². The van der Waals surface area contributed by atoms with Gasteiger partial charge in [-0.25, -0.2) is 0 Å². The molecule has 0 aromatic heterocycles. The van der Waals surface area contributed by atoms with Crippen LogP contribution in [-0.4, -0.2) is 12.6 Å². The molecule has 1 aliphatic heterocycles. The third-order valence-electron chi connectivity index (χ3n) is 3.98. The monoisotopic (exact) mass is 321 g/mol. The molecule has 0 radical (unpaired) electrons. The van der Waals surface area contributed by atoms with E-state index in [1.165, 1.54) is 5.56 Å². The fourth-order valence-corrected chi connectivity index (χ4v) is 3.22. The molecule has 21 heavy (non-hydrogen) atoms. The lowest BCUT2D eigenvalue weighted by Crippen LogP contribution is -2.34. The topological polar surface area (TPSA) is 35.2 Å². The lowest BCUT2D eigenvalue weighted by Gasteiger charge is -2.30. The highest BCUT2D eigenvalue weighted by atomic mass is 35.5. The van der Waals surface area contributed by atoms with E-state index in [9.17, 15) is 0 Å². The van der Waals surface area contributed by atoms with Gasteiger partial charge in [0.2, 0.25) is 0 Å². The molecule has 0 saturated carbocycles. The van der Waals surface area contributed by atoms with E-state index >= 15 is 0 Å². The summed E-state index contributed by atoms with van der Waals surface area (Å²) in [5.74, 6) is 1.27. The molecule has 0 aliphatic carbocycles. The maximum atomic E-state index is 6.45. The van der Waals surface area contributed by atoms with Crippen molar-refractivity contribution in [3.63, 3.8) is 0 Å². The number of nitrogens with two attached hydrogens (primary N) is 1. The van der Waals surface area contributed by atoms with E-state index < -0.39 is 0 Å². The average Bonchev–Trinajstić information content (AvgIpc) is 2.50. The molecule has 4 heteroatoms. The standard InChI is InChI=1S/C17H17Cl2NO/c18-14-6-5-11(9-15(14)19)10-16(20)12-7-8-21-17-4-2-1-3-13(12)17/h1-6,9,12,16H,7-8,10,20H2. The summed E-state index contributed by atoms with van der Waals surface area (Å²) >= 11 is 12.0. The van der Waals surface area contributed by atoms with E-state index in [0.717, 1.165) is 30.8 Å². The molecule has 2 aromatic rings. The molecule has 2 aromatic carbocycles. The normalized spacial score (nSPS) is 18.7. The van der Waals surface area contributed by atoms with E-state index in [2.05, 4.69) is 6.07 Å². The first kappa shape index (κ1) is 14.7. The first-order valence-corrected chi connectivity index (χ1v) is 7.82. The van der Waals surface area contributed by atoms with Crippen LogP contribution in [-0.2, 0) is 6.42 Å². The summed E-state index contributed by atoms with van der Waals surface area (Å²) in [7, 11) is 0. The Morgan fingerprint density at radius 3 is 2.76 bits per heavy atom. The van der Waals surface area contributed by atoms with Crippen LogP contribution >= 0.6 is 23.2 Å². The molecule has 0 fully saturated rings. The number of rotatable bonds is 3. The van der Waals surface area contributed by atoms with Gasteiger partial charge in [-0.15, -0.1) is 0 Å². The van der Waals surface area contributed by atoms with Crippen LogP contribution in [0.2, 0.25) is 10.0 Å². The van der Waals surface area contributed by atoms with Crippen LogP contribution in [0.4, 0.5) is 0 Å². The highest BCUT2D eigenvalue weighted by molar-refractivity contribution is 6.42. The van der Waals surface area contributed by atoms with Crippen LogP contribution in [0.3, 0.4) is 0 Å². The molecular formula is C17H17Cl2NO. The van der Waals surface area contributed by atoms with Gasteiger partial charge in [0.1, 0.15) is 5.75 Å². The van der Waals surface area contributed by atoms with Crippen molar-refractivity contribution >= 4 is 23.2 Å². The van der Waals surface area contributed by atoms with Crippen molar-refractivity contribution in [1.82, 2.24) is 0 Å². The fourth-order valence-electron chi connectivity index (χ4n) is 2.90. The molecule has 110 valence electrons. The second kappa shape index (κ2) is 6.27. The molecule has 2 N–H and O–H groups in total. The van der Waals surface area contributed by atoms with Gasteiger partial charge in [0.15, 0.2) is 0 Å². The Hall–Kier alpha value is -1.22. The van der Waals surface area contributed by atoms with Crippen molar-refractivity contribution in [3.8, 4) is 5.75 Å². The van der Waals surface area contributed by atoms with Crippen molar-refractivity contribution in [2.75, 3.05) is 6.61 Å². The number of benzene rings is 2. The average molecular weight is 322 g/mol. The van der Waals surface area contributed by atoms with Crippen molar-refractivity contribution in [1.29, 1.82) is 0 Å². The maximum Gasteiger partial charge on any atom is 0.122 e. The molecular weight excluding hydrogens is 305 g/mol. The molecule has 0 saturated heterocycles. The zero-order valence-corrected chi connectivity index (χ0v) is 13.1. The van der Waals surface area contributed by atoms with Crippen LogP contribution in [0.1, 0.15) is 23.5 Å². The second-order valence-corrected chi connectivity index (χ2v) is 6.21. The van der Waals surface area contributed by atoms with Crippen molar-refractivity contribution in [2.24, 2.45) is 5.73 Å². The van der Waals surface area contributed by atoms with E-state index in [0.29, 0.717) is 16.0 Å². The lowest BCUT2D eigenvalue weighted by atomic mass is 9.84. The zero-order valence-electron chi connectivity index (χ0n) is 11.6. The molecule has 1 heterocycles. The Labute approximate surface area is 134 Å². The fraction of sp³-hybridized carbons (Fsp3) is 0.294. The van der Waals surface area contributed by atoms with E-state index in [1.807, 2.05) is 36.4 Å². The summed E-state index contributed by atoms with van der Waals surface area (Å²) < 4.78 is 5.69. The maximum absolute atomic E-state index is 6.45. The Morgan fingerprint density at radius 2 is 1.95 bits per heavy atom. The van der Waals surface area contributed by atoms with E-state index in [-0.39, 0.29) is 6.04 Å². The predicted octanol–water partition coefficient (Wildman–Crippen LogP) is 4.43. The van der Waals surface area contributed by atoms with Crippen molar-refractivity contribution < 1.29 is 4.74 Å². The number of ether oxygens (including phenoxy) is 1. The van der Waals surface area contributed by atoms with Gasteiger partial charge < -0.3 is 10.5 Å². The summed E-state index contributed by atoms with van der Waals surface area (Å²) in [4.78, 5) is 0. The summed E-state index contributed by atoms with van der Waals surface area (Å²) in [5, 5.41) is 1.15. The number of fused-ring (bicyclic) bond motifs is 1. The van der Waals surface area contributed by atoms with Gasteiger partial charge in [0.05, 0.1) is 16.7 Å². The largest absolute Gasteiger partial charge is 0.493 e. The van der Waals surface area contributed by atoms with Crippen LogP contribution in [0.15, 0.2) is 42.5 Å².